The lowest BCUT2D eigenvalue weighted by molar-refractivity contribution is 0.628. The number of pyridine rings is 1. The molecule has 0 aliphatic heterocycles. The summed E-state index contributed by atoms with van der Waals surface area (Å²) in [5.74, 6) is -0.279. The molecule has 0 unspecified atom stereocenters. The molecule has 5 nitrogen and oxygen atoms in total. The summed E-state index contributed by atoms with van der Waals surface area (Å²) < 4.78 is 16.7. The molecule has 1 aromatic carbocycles. The largest absolute Gasteiger partial charge is 0.315 e. The number of aryl methyl sites for hydroxylation is 2. The van der Waals surface area contributed by atoms with Crippen LogP contribution < -0.4 is 5.56 Å². The van der Waals surface area contributed by atoms with E-state index >= 15 is 0 Å². The van der Waals surface area contributed by atoms with Gasteiger partial charge in [-0.3, -0.25) is 4.79 Å². The zero-order valence-electron chi connectivity index (χ0n) is 14.7. The molecule has 0 N–H and O–H groups in total. The highest BCUT2D eigenvalue weighted by Crippen LogP contribution is 2.29. The number of rotatable bonds is 4. The van der Waals surface area contributed by atoms with Gasteiger partial charge in [0.1, 0.15) is 5.82 Å². The van der Waals surface area contributed by atoms with E-state index in [0.29, 0.717) is 24.0 Å². The van der Waals surface area contributed by atoms with E-state index in [9.17, 15) is 9.18 Å². The molecule has 0 amide bonds. The second-order valence-electron chi connectivity index (χ2n) is 6.29. The maximum absolute atomic E-state index is 13.3. The van der Waals surface area contributed by atoms with Gasteiger partial charge < -0.3 is 4.57 Å². The Morgan fingerprint density at radius 3 is 2.58 bits per heavy atom. The van der Waals surface area contributed by atoms with Gasteiger partial charge in [-0.15, -0.1) is 0 Å². The van der Waals surface area contributed by atoms with Gasteiger partial charge in [0.05, 0.1) is 16.6 Å². The summed E-state index contributed by atoms with van der Waals surface area (Å²) in [5.41, 5.74) is 3.96. The van der Waals surface area contributed by atoms with Crippen LogP contribution >= 0.6 is 0 Å². The minimum absolute atomic E-state index is 0.0596. The van der Waals surface area contributed by atoms with Crippen molar-refractivity contribution < 1.29 is 4.39 Å². The Balaban J connectivity index is 2.03. The van der Waals surface area contributed by atoms with E-state index in [-0.39, 0.29) is 11.4 Å². The molecule has 6 heteroatoms. The maximum Gasteiger partial charge on any atom is 0.261 e. The molecule has 0 fully saturated rings. The van der Waals surface area contributed by atoms with Crippen molar-refractivity contribution in [2.24, 2.45) is 0 Å². The lowest BCUT2D eigenvalue weighted by atomic mass is 10.0. The average Bonchev–Trinajstić information content (AvgIpc) is 3.04. The van der Waals surface area contributed by atoms with Gasteiger partial charge in [0.25, 0.3) is 5.56 Å². The molecule has 26 heavy (non-hydrogen) atoms. The summed E-state index contributed by atoms with van der Waals surface area (Å²) in [6.45, 7) is 4.73. The summed E-state index contributed by atoms with van der Waals surface area (Å²) in [5, 5.41) is 5.23. The fourth-order valence-electron chi connectivity index (χ4n) is 3.33. The predicted octanol–water partition coefficient (Wildman–Crippen LogP) is 3.82. The Hall–Kier alpha value is -3.02. The molecular formula is C20H19FN4O. The number of hydrogen-bond donors (Lipinski definition) is 0. The van der Waals surface area contributed by atoms with Crippen molar-refractivity contribution in [3.8, 4) is 11.1 Å². The first kappa shape index (κ1) is 16.4. The van der Waals surface area contributed by atoms with Crippen LogP contribution in [0.4, 0.5) is 4.39 Å². The zero-order chi connectivity index (χ0) is 18.3. The lowest BCUT2D eigenvalue weighted by Crippen LogP contribution is -2.20. The lowest BCUT2D eigenvalue weighted by Gasteiger charge is -2.07. The summed E-state index contributed by atoms with van der Waals surface area (Å²) in [4.78, 5) is 17.2. The highest BCUT2D eigenvalue weighted by Gasteiger charge is 2.17. The van der Waals surface area contributed by atoms with Crippen molar-refractivity contribution >= 4 is 16.6 Å². The summed E-state index contributed by atoms with van der Waals surface area (Å²) in [7, 11) is 0. The van der Waals surface area contributed by atoms with Crippen LogP contribution in [0.2, 0.25) is 0 Å². The molecule has 3 heterocycles. The van der Waals surface area contributed by atoms with Crippen LogP contribution in [0.5, 0.6) is 0 Å². The van der Waals surface area contributed by atoms with Crippen LogP contribution in [0.3, 0.4) is 0 Å². The second kappa shape index (κ2) is 6.37. The fraction of sp³-hybridized carbons (Fsp3) is 0.250. The van der Waals surface area contributed by atoms with E-state index in [0.717, 1.165) is 28.8 Å². The summed E-state index contributed by atoms with van der Waals surface area (Å²) in [6, 6.07) is 8.24. The highest BCUT2D eigenvalue weighted by atomic mass is 19.1. The molecule has 0 atom stereocenters. The van der Waals surface area contributed by atoms with Crippen LogP contribution in [0.15, 0.2) is 47.5 Å². The Morgan fingerprint density at radius 2 is 1.88 bits per heavy atom. The standard InChI is InChI=1S/C20H19FN4O/c1-3-10-24-11-9-17-15(20(24)26)12-22-19-18(16(4-2)23-25(17)19)13-5-7-14(21)8-6-13/h5-9,11-12H,3-4,10H2,1-2H3. The van der Waals surface area contributed by atoms with Crippen molar-refractivity contribution in [1.29, 1.82) is 0 Å². The van der Waals surface area contributed by atoms with Gasteiger partial charge >= 0.3 is 0 Å². The molecule has 0 radical (unpaired) electrons. The molecule has 0 saturated heterocycles. The fourth-order valence-corrected chi connectivity index (χ4v) is 3.33. The average molecular weight is 350 g/mol. The van der Waals surface area contributed by atoms with E-state index in [1.54, 1.807) is 33.6 Å². The van der Waals surface area contributed by atoms with E-state index in [2.05, 4.69) is 10.1 Å². The van der Waals surface area contributed by atoms with E-state index in [4.69, 9.17) is 0 Å². The molecule has 0 aliphatic carbocycles. The molecule has 0 spiro atoms. The Labute approximate surface area is 149 Å². The van der Waals surface area contributed by atoms with Gasteiger partial charge in [0, 0.05) is 24.5 Å². The third kappa shape index (κ3) is 2.49. The summed E-state index contributed by atoms with van der Waals surface area (Å²) in [6.07, 6.45) is 5.02. The highest BCUT2D eigenvalue weighted by molar-refractivity contribution is 5.86. The topological polar surface area (TPSA) is 52.2 Å². The maximum atomic E-state index is 13.3. The van der Waals surface area contributed by atoms with Crippen molar-refractivity contribution in [3.63, 3.8) is 0 Å². The molecule has 4 rings (SSSR count). The Kier molecular flexibility index (Phi) is 4.03. The van der Waals surface area contributed by atoms with Crippen molar-refractivity contribution in [2.75, 3.05) is 0 Å². The smallest absolute Gasteiger partial charge is 0.261 e. The molecule has 0 saturated carbocycles. The van der Waals surface area contributed by atoms with E-state index in [1.165, 1.54) is 12.1 Å². The van der Waals surface area contributed by atoms with E-state index in [1.807, 2.05) is 19.9 Å². The molecular weight excluding hydrogens is 331 g/mol. The SMILES string of the molecule is CCCn1ccc2c(cnc3c(-c4ccc(F)cc4)c(CC)nn32)c1=O. The van der Waals surface area contributed by atoms with Gasteiger partial charge in [-0.25, -0.2) is 13.9 Å². The second-order valence-corrected chi connectivity index (χ2v) is 6.29. The van der Waals surface area contributed by atoms with Gasteiger partial charge in [0.15, 0.2) is 5.65 Å². The zero-order valence-corrected chi connectivity index (χ0v) is 14.7. The molecule has 3 aromatic heterocycles. The van der Waals surface area contributed by atoms with Crippen LogP contribution in [-0.4, -0.2) is 19.2 Å². The minimum Gasteiger partial charge on any atom is -0.315 e. The van der Waals surface area contributed by atoms with Crippen molar-refractivity contribution in [3.05, 3.63) is 64.6 Å². The molecule has 0 aliphatic rings. The Bertz CT molecular complexity index is 1160. The number of fused-ring (bicyclic) bond motifs is 3. The number of nitrogens with zero attached hydrogens (tertiary/aromatic N) is 4. The first-order valence-corrected chi connectivity index (χ1v) is 8.79. The minimum atomic E-state index is -0.279. The van der Waals surface area contributed by atoms with Crippen LogP contribution in [-0.2, 0) is 13.0 Å². The molecule has 0 bridgehead atoms. The van der Waals surface area contributed by atoms with Gasteiger partial charge in [0.2, 0.25) is 0 Å². The number of halogens is 1. The number of hydrogen-bond acceptors (Lipinski definition) is 3. The summed E-state index contributed by atoms with van der Waals surface area (Å²) >= 11 is 0. The molecule has 132 valence electrons. The number of aromatic nitrogens is 4. The van der Waals surface area contributed by atoms with Crippen LogP contribution in [0.1, 0.15) is 26.0 Å². The number of benzene rings is 1. The van der Waals surface area contributed by atoms with Gasteiger partial charge in [-0.2, -0.15) is 5.10 Å². The van der Waals surface area contributed by atoms with E-state index < -0.39 is 0 Å². The normalized spacial score (nSPS) is 11.5. The third-order valence-electron chi connectivity index (χ3n) is 4.59. The molecule has 4 aromatic rings. The third-order valence-corrected chi connectivity index (χ3v) is 4.59. The van der Waals surface area contributed by atoms with Crippen LogP contribution in [0, 0.1) is 5.82 Å². The van der Waals surface area contributed by atoms with Gasteiger partial charge in [-0.1, -0.05) is 26.0 Å². The Morgan fingerprint density at radius 1 is 1.12 bits per heavy atom. The van der Waals surface area contributed by atoms with Gasteiger partial charge in [-0.05, 0) is 36.6 Å². The first-order valence-electron chi connectivity index (χ1n) is 8.79. The van der Waals surface area contributed by atoms with Crippen LogP contribution in [0.25, 0.3) is 27.7 Å². The monoisotopic (exact) mass is 350 g/mol. The first-order chi connectivity index (χ1) is 12.6. The van der Waals surface area contributed by atoms with Crippen molar-refractivity contribution in [2.45, 2.75) is 33.2 Å². The predicted molar refractivity (Wildman–Crippen MR) is 99.8 cm³/mol. The quantitative estimate of drug-likeness (QED) is 0.562. The van der Waals surface area contributed by atoms with Crippen molar-refractivity contribution in [1.82, 2.24) is 19.2 Å².